The fraction of sp³-hybridized carbons (Fsp3) is 0.708. The van der Waals surface area contributed by atoms with E-state index in [1.165, 1.54) is 7.11 Å². The number of amides is 2. The maximum absolute atomic E-state index is 13.1. The highest BCUT2D eigenvalue weighted by atomic mass is 16.6. The van der Waals surface area contributed by atoms with Gasteiger partial charge >= 0.3 is 5.97 Å². The highest BCUT2D eigenvalue weighted by Crippen LogP contribution is 2.24. The molecule has 0 saturated carbocycles. The lowest BCUT2D eigenvalue weighted by atomic mass is 9.91. The lowest BCUT2D eigenvalue weighted by Crippen LogP contribution is -2.46. The maximum Gasteiger partial charge on any atom is 0.340 e. The van der Waals surface area contributed by atoms with Crippen LogP contribution < -0.4 is 5.32 Å². The molecule has 0 bridgehead atoms. The number of hydrogen-bond acceptors (Lipinski definition) is 6. The number of esters is 1. The molecule has 1 aromatic rings. The highest BCUT2D eigenvalue weighted by Gasteiger charge is 2.31. The third-order valence-electron chi connectivity index (χ3n) is 6.01. The SMILES string of the molecule is COCCOC(=O)c1c(C)[nH]c(C(=O)N2CCC(C(=O)NCC(C)(C)CN(C)C)CC2)c1C. The standard InChI is InChI=1S/C24H40N4O5/c1-16-19(23(31)33-13-12-32-7)17(2)26-20(16)22(30)28-10-8-18(9-11-28)21(29)25-14-24(3,4)15-27(5)6/h18,26H,8-15H2,1-7H3,(H,25,29). The zero-order valence-corrected chi connectivity index (χ0v) is 21.2. The molecule has 2 heterocycles. The van der Waals surface area contributed by atoms with Gasteiger partial charge in [-0.05, 0) is 51.8 Å². The Morgan fingerprint density at radius 2 is 1.79 bits per heavy atom. The first-order valence-electron chi connectivity index (χ1n) is 11.5. The van der Waals surface area contributed by atoms with E-state index in [-0.39, 0.29) is 29.8 Å². The van der Waals surface area contributed by atoms with Gasteiger partial charge in [0.2, 0.25) is 5.91 Å². The van der Waals surface area contributed by atoms with Crippen LogP contribution in [0.4, 0.5) is 0 Å². The Bertz CT molecular complexity index is 838. The second-order valence-electron chi connectivity index (χ2n) is 9.94. The maximum atomic E-state index is 13.1. The number of H-pyrrole nitrogens is 1. The van der Waals surface area contributed by atoms with Crippen LogP contribution in [0.25, 0.3) is 0 Å². The molecule has 2 N–H and O–H groups in total. The molecule has 1 aliphatic heterocycles. The third kappa shape index (κ3) is 7.30. The lowest BCUT2D eigenvalue weighted by Gasteiger charge is -2.33. The van der Waals surface area contributed by atoms with Crippen molar-refractivity contribution < 1.29 is 23.9 Å². The summed E-state index contributed by atoms with van der Waals surface area (Å²) < 4.78 is 10.1. The Morgan fingerprint density at radius 3 is 2.36 bits per heavy atom. The number of hydrogen-bond donors (Lipinski definition) is 2. The molecule has 186 valence electrons. The zero-order chi connectivity index (χ0) is 24.8. The van der Waals surface area contributed by atoms with Crippen LogP contribution in [-0.4, -0.2) is 93.2 Å². The molecule has 9 nitrogen and oxygen atoms in total. The predicted octanol–water partition coefficient (Wildman–Crippen LogP) is 1.99. The first kappa shape index (κ1) is 26.9. The van der Waals surface area contributed by atoms with Crippen molar-refractivity contribution in [3.05, 3.63) is 22.5 Å². The molecule has 0 radical (unpaired) electrons. The van der Waals surface area contributed by atoms with Crippen molar-refractivity contribution in [1.29, 1.82) is 0 Å². The van der Waals surface area contributed by atoms with Gasteiger partial charge in [-0.2, -0.15) is 0 Å². The number of aromatic nitrogens is 1. The number of carbonyl (C=O) groups is 3. The van der Waals surface area contributed by atoms with Crippen molar-refractivity contribution in [2.45, 2.75) is 40.5 Å². The van der Waals surface area contributed by atoms with Gasteiger partial charge in [0.15, 0.2) is 0 Å². The van der Waals surface area contributed by atoms with Crippen LogP contribution in [-0.2, 0) is 14.3 Å². The molecule has 0 aromatic carbocycles. The highest BCUT2D eigenvalue weighted by molar-refractivity contribution is 6.00. The van der Waals surface area contributed by atoms with E-state index in [0.29, 0.717) is 61.6 Å². The normalized spacial score (nSPS) is 15.1. The Balaban J connectivity index is 1.93. The van der Waals surface area contributed by atoms with E-state index < -0.39 is 5.97 Å². The Hall–Kier alpha value is -2.39. The lowest BCUT2D eigenvalue weighted by molar-refractivity contribution is -0.126. The van der Waals surface area contributed by atoms with Gasteiger partial charge in [-0.25, -0.2) is 4.79 Å². The average Bonchev–Trinajstić information content (AvgIpc) is 3.04. The van der Waals surface area contributed by atoms with Gasteiger partial charge in [0.1, 0.15) is 12.3 Å². The number of nitrogens with one attached hydrogen (secondary N) is 2. The van der Waals surface area contributed by atoms with Crippen LogP contribution in [0.3, 0.4) is 0 Å². The van der Waals surface area contributed by atoms with Gasteiger partial charge in [-0.3, -0.25) is 9.59 Å². The minimum atomic E-state index is -0.468. The molecular formula is C24H40N4O5. The first-order chi connectivity index (χ1) is 15.5. The summed E-state index contributed by atoms with van der Waals surface area (Å²) in [7, 11) is 5.59. The van der Waals surface area contributed by atoms with E-state index in [2.05, 4.69) is 29.0 Å². The van der Waals surface area contributed by atoms with E-state index in [1.807, 2.05) is 14.1 Å². The van der Waals surface area contributed by atoms with Crippen molar-refractivity contribution in [3.8, 4) is 0 Å². The number of ether oxygens (including phenoxy) is 2. The van der Waals surface area contributed by atoms with E-state index in [1.54, 1.807) is 18.7 Å². The van der Waals surface area contributed by atoms with Gasteiger partial charge in [0.25, 0.3) is 5.91 Å². The molecule has 0 unspecified atom stereocenters. The minimum absolute atomic E-state index is 0.0126. The average molecular weight is 465 g/mol. The van der Waals surface area contributed by atoms with Crippen LogP contribution in [0.5, 0.6) is 0 Å². The molecule has 2 amide bonds. The predicted molar refractivity (Wildman–Crippen MR) is 126 cm³/mol. The van der Waals surface area contributed by atoms with Gasteiger partial charge in [-0.1, -0.05) is 13.8 Å². The zero-order valence-electron chi connectivity index (χ0n) is 21.2. The van der Waals surface area contributed by atoms with Gasteiger partial charge < -0.3 is 29.6 Å². The second kappa shape index (κ2) is 11.7. The molecule has 1 aliphatic rings. The quantitative estimate of drug-likeness (QED) is 0.405. The minimum Gasteiger partial charge on any atom is -0.460 e. The van der Waals surface area contributed by atoms with Crippen LogP contribution >= 0.6 is 0 Å². The summed E-state index contributed by atoms with van der Waals surface area (Å²) in [5.41, 5.74) is 1.97. The number of aryl methyl sites for hydroxylation is 1. The fourth-order valence-corrected chi connectivity index (χ4v) is 4.45. The van der Waals surface area contributed by atoms with Crippen molar-refractivity contribution in [1.82, 2.24) is 20.1 Å². The number of carbonyl (C=O) groups excluding carboxylic acids is 3. The summed E-state index contributed by atoms with van der Waals surface area (Å²) in [5.74, 6) is -0.661. The molecular weight excluding hydrogens is 424 g/mol. The Morgan fingerprint density at radius 1 is 1.15 bits per heavy atom. The summed E-state index contributed by atoms with van der Waals surface area (Å²) in [6.07, 6.45) is 1.24. The van der Waals surface area contributed by atoms with Gasteiger partial charge in [0, 0.05) is 44.9 Å². The van der Waals surface area contributed by atoms with E-state index in [9.17, 15) is 14.4 Å². The molecule has 1 aromatic heterocycles. The smallest absolute Gasteiger partial charge is 0.340 e. The van der Waals surface area contributed by atoms with E-state index in [0.717, 1.165) is 6.54 Å². The second-order valence-corrected chi connectivity index (χ2v) is 9.94. The molecule has 0 atom stereocenters. The molecule has 1 saturated heterocycles. The van der Waals surface area contributed by atoms with Crippen molar-refractivity contribution in [3.63, 3.8) is 0 Å². The summed E-state index contributed by atoms with van der Waals surface area (Å²) in [4.78, 5) is 45.1. The van der Waals surface area contributed by atoms with Gasteiger partial charge in [0.05, 0.1) is 12.2 Å². The van der Waals surface area contributed by atoms with Crippen LogP contribution in [0.15, 0.2) is 0 Å². The Labute approximate surface area is 197 Å². The topological polar surface area (TPSA) is 104 Å². The number of rotatable bonds is 10. The summed E-state index contributed by atoms with van der Waals surface area (Å²) >= 11 is 0. The largest absolute Gasteiger partial charge is 0.460 e. The van der Waals surface area contributed by atoms with E-state index >= 15 is 0 Å². The van der Waals surface area contributed by atoms with E-state index in [4.69, 9.17) is 9.47 Å². The summed E-state index contributed by atoms with van der Waals surface area (Å²) in [6.45, 7) is 10.8. The van der Waals surface area contributed by atoms with Crippen LogP contribution in [0, 0.1) is 25.2 Å². The number of likely N-dealkylation sites (tertiary alicyclic amines) is 1. The Kier molecular flexibility index (Phi) is 9.48. The summed E-state index contributed by atoms with van der Waals surface area (Å²) in [5, 5.41) is 3.09. The molecule has 2 rings (SSSR count). The monoisotopic (exact) mass is 464 g/mol. The molecule has 9 heteroatoms. The van der Waals surface area contributed by atoms with Crippen molar-refractivity contribution in [2.75, 3.05) is 60.6 Å². The number of aromatic amines is 1. The molecule has 33 heavy (non-hydrogen) atoms. The molecule has 1 fully saturated rings. The number of piperidine rings is 1. The fourth-order valence-electron chi connectivity index (χ4n) is 4.45. The number of nitrogens with zero attached hydrogens (tertiary/aromatic N) is 2. The molecule has 0 spiro atoms. The third-order valence-corrected chi connectivity index (χ3v) is 6.01. The van der Waals surface area contributed by atoms with Crippen molar-refractivity contribution in [2.24, 2.45) is 11.3 Å². The first-order valence-corrected chi connectivity index (χ1v) is 11.5. The van der Waals surface area contributed by atoms with Crippen LogP contribution in [0.2, 0.25) is 0 Å². The van der Waals surface area contributed by atoms with Crippen molar-refractivity contribution >= 4 is 17.8 Å². The van der Waals surface area contributed by atoms with Crippen LogP contribution in [0.1, 0.15) is 58.8 Å². The number of methoxy groups -OCH3 is 1. The van der Waals surface area contributed by atoms with Gasteiger partial charge in [-0.15, -0.1) is 0 Å². The molecule has 0 aliphatic carbocycles. The summed E-state index contributed by atoms with van der Waals surface area (Å²) in [6, 6.07) is 0.